The number of amides is 2. The van der Waals surface area contributed by atoms with Crippen LogP contribution in [0.15, 0.2) is 36.4 Å². The highest BCUT2D eigenvalue weighted by molar-refractivity contribution is 5.99. The summed E-state index contributed by atoms with van der Waals surface area (Å²) in [6.07, 6.45) is 0. The number of carbonyl (C=O) groups is 2. The van der Waals surface area contributed by atoms with Gasteiger partial charge in [-0.2, -0.15) is 0 Å². The lowest BCUT2D eigenvalue weighted by Gasteiger charge is -2.11. The van der Waals surface area contributed by atoms with Crippen molar-refractivity contribution >= 4 is 17.5 Å². The van der Waals surface area contributed by atoms with Crippen molar-refractivity contribution < 1.29 is 27.8 Å². The third-order valence-electron chi connectivity index (χ3n) is 3.26. The second-order valence-electron chi connectivity index (χ2n) is 4.93. The van der Waals surface area contributed by atoms with Gasteiger partial charge < -0.3 is 20.1 Å². The number of carbonyl (C=O) groups excluding carboxylic acids is 2. The summed E-state index contributed by atoms with van der Waals surface area (Å²) >= 11 is 0. The first-order valence-corrected chi connectivity index (χ1v) is 7.19. The number of benzene rings is 2. The average molecular weight is 350 g/mol. The maximum atomic E-state index is 13.1. The van der Waals surface area contributed by atoms with E-state index in [-0.39, 0.29) is 12.1 Å². The number of halogens is 2. The molecule has 0 spiro atoms. The van der Waals surface area contributed by atoms with Crippen molar-refractivity contribution in [3.05, 3.63) is 53.6 Å². The van der Waals surface area contributed by atoms with Crippen LogP contribution in [0.5, 0.6) is 11.5 Å². The van der Waals surface area contributed by atoms with E-state index in [0.29, 0.717) is 17.2 Å². The number of rotatable bonds is 6. The van der Waals surface area contributed by atoms with Crippen LogP contribution < -0.4 is 20.1 Å². The number of nitrogens with one attached hydrogen (secondary N) is 2. The van der Waals surface area contributed by atoms with Gasteiger partial charge in [-0.15, -0.1) is 0 Å². The molecule has 0 bridgehead atoms. The SMILES string of the molecule is COc1ccc(NC(=O)CNC(=O)c2ccc(F)c(F)c2)cc1OC. The van der Waals surface area contributed by atoms with E-state index in [1.165, 1.54) is 14.2 Å². The van der Waals surface area contributed by atoms with E-state index in [0.717, 1.165) is 18.2 Å². The van der Waals surface area contributed by atoms with Gasteiger partial charge in [-0.1, -0.05) is 0 Å². The Labute approximate surface area is 142 Å². The molecule has 0 saturated heterocycles. The second-order valence-corrected chi connectivity index (χ2v) is 4.93. The predicted octanol–water partition coefficient (Wildman–Crippen LogP) is 2.35. The van der Waals surface area contributed by atoms with Crippen molar-refractivity contribution in [2.24, 2.45) is 0 Å². The number of anilines is 1. The fourth-order valence-corrected chi connectivity index (χ4v) is 2.02. The molecule has 2 N–H and O–H groups in total. The lowest BCUT2D eigenvalue weighted by atomic mass is 10.2. The molecular formula is C17H16F2N2O4. The van der Waals surface area contributed by atoms with Crippen LogP contribution in [0.25, 0.3) is 0 Å². The van der Waals surface area contributed by atoms with E-state index < -0.39 is 23.4 Å². The molecule has 0 aliphatic rings. The first kappa shape index (κ1) is 18.2. The first-order valence-electron chi connectivity index (χ1n) is 7.19. The Morgan fingerprint density at radius 3 is 2.32 bits per heavy atom. The molecule has 2 rings (SSSR count). The van der Waals surface area contributed by atoms with Gasteiger partial charge >= 0.3 is 0 Å². The molecule has 25 heavy (non-hydrogen) atoms. The Bertz CT molecular complexity index is 796. The van der Waals surface area contributed by atoms with Gasteiger partial charge in [0.15, 0.2) is 23.1 Å². The molecule has 0 radical (unpaired) electrons. The molecule has 0 atom stereocenters. The number of methoxy groups -OCH3 is 2. The van der Waals surface area contributed by atoms with Gasteiger partial charge in [-0.25, -0.2) is 8.78 Å². The van der Waals surface area contributed by atoms with E-state index in [4.69, 9.17) is 9.47 Å². The average Bonchev–Trinajstić information content (AvgIpc) is 2.61. The smallest absolute Gasteiger partial charge is 0.251 e. The Morgan fingerprint density at radius 2 is 1.68 bits per heavy atom. The number of hydrogen-bond acceptors (Lipinski definition) is 4. The Morgan fingerprint density at radius 1 is 0.960 bits per heavy atom. The normalized spacial score (nSPS) is 10.1. The van der Waals surface area contributed by atoms with Crippen LogP contribution in [-0.2, 0) is 4.79 Å². The van der Waals surface area contributed by atoms with E-state index in [9.17, 15) is 18.4 Å². The second kappa shape index (κ2) is 8.09. The molecule has 0 saturated carbocycles. The third kappa shape index (κ3) is 4.66. The van der Waals surface area contributed by atoms with E-state index in [2.05, 4.69) is 10.6 Å². The van der Waals surface area contributed by atoms with Crippen LogP contribution in [-0.4, -0.2) is 32.6 Å². The molecule has 0 aromatic heterocycles. The van der Waals surface area contributed by atoms with Gasteiger partial charge in [0, 0.05) is 17.3 Å². The van der Waals surface area contributed by atoms with Crippen molar-refractivity contribution in [3.8, 4) is 11.5 Å². The summed E-state index contributed by atoms with van der Waals surface area (Å²) < 4.78 is 36.2. The van der Waals surface area contributed by atoms with E-state index in [1.807, 2.05) is 0 Å². The van der Waals surface area contributed by atoms with Crippen molar-refractivity contribution in [1.82, 2.24) is 5.32 Å². The zero-order chi connectivity index (χ0) is 18.4. The molecule has 132 valence electrons. The van der Waals surface area contributed by atoms with E-state index >= 15 is 0 Å². The fraction of sp³-hybridized carbons (Fsp3) is 0.176. The zero-order valence-corrected chi connectivity index (χ0v) is 13.6. The highest BCUT2D eigenvalue weighted by Crippen LogP contribution is 2.29. The van der Waals surface area contributed by atoms with E-state index in [1.54, 1.807) is 18.2 Å². The maximum Gasteiger partial charge on any atom is 0.251 e. The molecule has 2 aromatic rings. The molecule has 6 nitrogen and oxygen atoms in total. The first-order chi connectivity index (χ1) is 11.9. The Kier molecular flexibility index (Phi) is 5.89. The Hall–Kier alpha value is -3.16. The summed E-state index contributed by atoms with van der Waals surface area (Å²) in [5.41, 5.74) is 0.363. The van der Waals surface area contributed by atoms with Crippen molar-refractivity contribution in [3.63, 3.8) is 0 Å². The summed E-state index contributed by atoms with van der Waals surface area (Å²) in [7, 11) is 2.95. The molecular weight excluding hydrogens is 334 g/mol. The topological polar surface area (TPSA) is 76.7 Å². The summed E-state index contributed by atoms with van der Waals surface area (Å²) in [6.45, 7) is -0.341. The van der Waals surface area contributed by atoms with Gasteiger partial charge in [0.2, 0.25) is 5.91 Å². The van der Waals surface area contributed by atoms with Gasteiger partial charge in [-0.3, -0.25) is 9.59 Å². The Balaban J connectivity index is 1.94. The van der Waals surface area contributed by atoms with Gasteiger partial charge in [-0.05, 0) is 30.3 Å². The fourth-order valence-electron chi connectivity index (χ4n) is 2.02. The minimum absolute atomic E-state index is 0.0854. The summed E-state index contributed by atoms with van der Waals surface area (Å²) in [6, 6.07) is 7.52. The molecule has 0 fully saturated rings. The quantitative estimate of drug-likeness (QED) is 0.838. The highest BCUT2D eigenvalue weighted by atomic mass is 19.2. The van der Waals surface area contributed by atoms with Crippen LogP contribution in [0.4, 0.5) is 14.5 Å². The summed E-state index contributed by atoms with van der Waals surface area (Å²) in [5, 5.41) is 4.89. The number of hydrogen-bond donors (Lipinski definition) is 2. The minimum Gasteiger partial charge on any atom is -0.493 e. The van der Waals surface area contributed by atoms with Gasteiger partial charge in [0.25, 0.3) is 5.91 Å². The van der Waals surface area contributed by atoms with Gasteiger partial charge in [0.05, 0.1) is 20.8 Å². The third-order valence-corrected chi connectivity index (χ3v) is 3.26. The monoisotopic (exact) mass is 350 g/mol. The molecule has 0 unspecified atom stereocenters. The molecule has 2 aromatic carbocycles. The molecule has 8 heteroatoms. The standard InChI is InChI=1S/C17H16F2N2O4/c1-24-14-6-4-11(8-15(14)25-2)21-16(22)9-20-17(23)10-3-5-12(18)13(19)7-10/h3-8H,9H2,1-2H3,(H,20,23)(H,21,22). The van der Waals surface area contributed by atoms with Crippen molar-refractivity contribution in [2.75, 3.05) is 26.1 Å². The van der Waals surface area contributed by atoms with Crippen LogP contribution in [0, 0.1) is 11.6 Å². The van der Waals surface area contributed by atoms with Crippen LogP contribution in [0.3, 0.4) is 0 Å². The highest BCUT2D eigenvalue weighted by Gasteiger charge is 2.12. The molecule has 0 heterocycles. The molecule has 0 aliphatic carbocycles. The molecule has 0 aliphatic heterocycles. The lowest BCUT2D eigenvalue weighted by Crippen LogP contribution is -2.32. The van der Waals surface area contributed by atoms with Crippen molar-refractivity contribution in [1.29, 1.82) is 0 Å². The minimum atomic E-state index is -1.14. The van der Waals surface area contributed by atoms with Crippen LogP contribution >= 0.6 is 0 Å². The zero-order valence-electron chi connectivity index (χ0n) is 13.6. The summed E-state index contributed by atoms with van der Waals surface area (Å²) in [5.74, 6) is -2.44. The largest absolute Gasteiger partial charge is 0.493 e. The van der Waals surface area contributed by atoms with Crippen LogP contribution in [0.2, 0.25) is 0 Å². The number of ether oxygens (including phenoxy) is 2. The van der Waals surface area contributed by atoms with Crippen LogP contribution in [0.1, 0.15) is 10.4 Å². The maximum absolute atomic E-state index is 13.1. The van der Waals surface area contributed by atoms with Crippen molar-refractivity contribution in [2.45, 2.75) is 0 Å². The predicted molar refractivity (Wildman–Crippen MR) is 86.9 cm³/mol. The molecule has 2 amide bonds. The lowest BCUT2D eigenvalue weighted by molar-refractivity contribution is -0.115. The summed E-state index contributed by atoms with van der Waals surface area (Å²) in [4.78, 5) is 23.7. The van der Waals surface area contributed by atoms with Gasteiger partial charge in [0.1, 0.15) is 0 Å².